The summed E-state index contributed by atoms with van der Waals surface area (Å²) in [6.45, 7) is 9.66. The van der Waals surface area contributed by atoms with E-state index in [1.807, 2.05) is 25.1 Å². The number of esters is 1. The fourth-order valence-electron chi connectivity index (χ4n) is 2.28. The summed E-state index contributed by atoms with van der Waals surface area (Å²) < 4.78 is 10.6. The van der Waals surface area contributed by atoms with Crippen LogP contribution in [0.1, 0.15) is 62.9 Å². The lowest BCUT2D eigenvalue weighted by Crippen LogP contribution is -2.32. The van der Waals surface area contributed by atoms with Crippen molar-refractivity contribution in [1.82, 2.24) is 4.90 Å². The highest BCUT2D eigenvalue weighted by atomic mass is 16.6. The Bertz CT molecular complexity index is 544. The molecule has 0 spiro atoms. The molecule has 1 atom stereocenters. The van der Waals surface area contributed by atoms with Gasteiger partial charge in [0.25, 0.3) is 0 Å². The van der Waals surface area contributed by atoms with E-state index < -0.39 is 0 Å². The first-order valence-electron chi connectivity index (χ1n) is 9.20. The highest BCUT2D eigenvalue weighted by Gasteiger charge is 2.19. The highest BCUT2D eigenvalue weighted by Crippen LogP contribution is 2.15. The molecule has 0 fully saturated rings. The smallest absolute Gasteiger partial charge is 0.410 e. The molecule has 1 rings (SSSR count). The molecule has 5 nitrogen and oxygen atoms in total. The van der Waals surface area contributed by atoms with Crippen LogP contribution in [0.25, 0.3) is 0 Å². The number of amides is 1. The fourth-order valence-corrected chi connectivity index (χ4v) is 2.28. The zero-order chi connectivity index (χ0) is 18.7. The van der Waals surface area contributed by atoms with Crippen LogP contribution in [-0.2, 0) is 16.0 Å². The standard InChI is InChI=1S/C20H31NO4/c1-5-8-13-21(20(23)24-7-3)14-17-11-9-10-12-18(17)19(22)25-15-16(4)6-2/h9-12,16H,5-8,13-15H2,1-4H3. The molecular weight excluding hydrogens is 318 g/mol. The lowest BCUT2D eigenvalue weighted by atomic mass is 10.1. The van der Waals surface area contributed by atoms with Crippen molar-refractivity contribution in [2.75, 3.05) is 19.8 Å². The van der Waals surface area contributed by atoms with E-state index in [1.165, 1.54) is 0 Å². The van der Waals surface area contributed by atoms with Crippen molar-refractivity contribution in [3.63, 3.8) is 0 Å². The van der Waals surface area contributed by atoms with Crippen molar-refractivity contribution >= 4 is 12.1 Å². The predicted octanol–water partition coefficient (Wildman–Crippen LogP) is 4.65. The summed E-state index contributed by atoms with van der Waals surface area (Å²) in [5, 5.41) is 0. The molecule has 5 heteroatoms. The Kier molecular flexibility index (Phi) is 9.66. The second-order valence-electron chi connectivity index (χ2n) is 6.24. The molecule has 0 heterocycles. The van der Waals surface area contributed by atoms with E-state index in [2.05, 4.69) is 13.8 Å². The van der Waals surface area contributed by atoms with Crippen LogP contribution in [-0.4, -0.2) is 36.7 Å². The average Bonchev–Trinajstić information content (AvgIpc) is 2.63. The molecule has 1 unspecified atom stereocenters. The normalized spacial score (nSPS) is 11.7. The number of nitrogens with zero attached hydrogens (tertiary/aromatic N) is 1. The van der Waals surface area contributed by atoms with Crippen molar-refractivity contribution in [2.45, 2.75) is 53.5 Å². The molecule has 140 valence electrons. The first-order chi connectivity index (χ1) is 12.0. The Morgan fingerprint density at radius 1 is 1.12 bits per heavy atom. The monoisotopic (exact) mass is 349 g/mol. The minimum atomic E-state index is -0.348. The first kappa shape index (κ1) is 21.0. The van der Waals surface area contributed by atoms with Gasteiger partial charge in [0.1, 0.15) is 0 Å². The van der Waals surface area contributed by atoms with Gasteiger partial charge < -0.3 is 14.4 Å². The van der Waals surface area contributed by atoms with E-state index >= 15 is 0 Å². The van der Waals surface area contributed by atoms with Gasteiger partial charge in [0.05, 0.1) is 18.8 Å². The van der Waals surface area contributed by atoms with Gasteiger partial charge in [0.15, 0.2) is 0 Å². The fraction of sp³-hybridized carbons (Fsp3) is 0.600. The quantitative estimate of drug-likeness (QED) is 0.577. The summed E-state index contributed by atoms with van der Waals surface area (Å²) in [7, 11) is 0. The van der Waals surface area contributed by atoms with Crippen molar-refractivity contribution in [3.05, 3.63) is 35.4 Å². The van der Waals surface area contributed by atoms with E-state index in [1.54, 1.807) is 17.9 Å². The van der Waals surface area contributed by atoms with E-state index in [0.29, 0.717) is 37.8 Å². The highest BCUT2D eigenvalue weighted by molar-refractivity contribution is 5.91. The second kappa shape index (κ2) is 11.5. The Labute approximate surface area is 151 Å². The molecule has 0 saturated heterocycles. The van der Waals surface area contributed by atoms with Crippen LogP contribution in [0.15, 0.2) is 24.3 Å². The molecule has 1 amide bonds. The van der Waals surface area contributed by atoms with Crippen LogP contribution in [0, 0.1) is 5.92 Å². The average molecular weight is 349 g/mol. The summed E-state index contributed by atoms with van der Waals surface area (Å²) in [6, 6.07) is 7.28. The molecule has 1 aromatic carbocycles. The molecule has 0 aliphatic heterocycles. The summed E-state index contributed by atoms with van der Waals surface area (Å²) in [5.74, 6) is -0.00750. The largest absolute Gasteiger partial charge is 0.462 e. The summed E-state index contributed by atoms with van der Waals surface area (Å²) in [6.07, 6.45) is 2.48. The Balaban J connectivity index is 2.88. The van der Waals surface area contributed by atoms with Crippen LogP contribution in [0.5, 0.6) is 0 Å². The zero-order valence-corrected chi connectivity index (χ0v) is 15.9. The predicted molar refractivity (Wildman–Crippen MR) is 98.5 cm³/mol. The van der Waals surface area contributed by atoms with E-state index in [0.717, 1.165) is 24.8 Å². The van der Waals surface area contributed by atoms with E-state index in [-0.39, 0.29) is 12.1 Å². The van der Waals surface area contributed by atoms with Crippen LogP contribution in [0.2, 0.25) is 0 Å². The van der Waals surface area contributed by atoms with Gasteiger partial charge in [-0.05, 0) is 30.9 Å². The van der Waals surface area contributed by atoms with Gasteiger partial charge in [-0.25, -0.2) is 9.59 Å². The number of ether oxygens (including phenoxy) is 2. The molecule has 0 saturated carbocycles. The van der Waals surface area contributed by atoms with E-state index in [9.17, 15) is 9.59 Å². The maximum atomic E-state index is 12.4. The van der Waals surface area contributed by atoms with Crippen LogP contribution < -0.4 is 0 Å². The van der Waals surface area contributed by atoms with E-state index in [4.69, 9.17) is 9.47 Å². The van der Waals surface area contributed by atoms with Gasteiger partial charge in [-0.1, -0.05) is 51.8 Å². The number of rotatable bonds is 10. The third-order valence-corrected chi connectivity index (χ3v) is 4.10. The minimum absolute atomic E-state index is 0.330. The number of hydrogen-bond donors (Lipinski definition) is 0. The topological polar surface area (TPSA) is 55.8 Å². The molecular formula is C20H31NO4. The lowest BCUT2D eigenvalue weighted by Gasteiger charge is -2.23. The van der Waals surface area contributed by atoms with Crippen LogP contribution in [0.3, 0.4) is 0 Å². The van der Waals surface area contributed by atoms with Crippen molar-refractivity contribution in [3.8, 4) is 0 Å². The van der Waals surface area contributed by atoms with Crippen molar-refractivity contribution in [2.24, 2.45) is 5.92 Å². The Morgan fingerprint density at radius 2 is 1.84 bits per heavy atom. The number of carbonyl (C=O) groups is 2. The molecule has 1 aromatic rings. The molecule has 0 bridgehead atoms. The Hall–Kier alpha value is -2.04. The molecule has 25 heavy (non-hydrogen) atoms. The lowest BCUT2D eigenvalue weighted by molar-refractivity contribution is 0.0443. The van der Waals surface area contributed by atoms with Gasteiger partial charge in [-0.2, -0.15) is 0 Å². The number of carbonyl (C=O) groups excluding carboxylic acids is 2. The first-order valence-corrected chi connectivity index (χ1v) is 9.20. The van der Waals surface area contributed by atoms with Crippen LogP contribution >= 0.6 is 0 Å². The van der Waals surface area contributed by atoms with Gasteiger partial charge in [-0.3, -0.25) is 0 Å². The number of benzene rings is 1. The van der Waals surface area contributed by atoms with Gasteiger partial charge >= 0.3 is 12.1 Å². The number of hydrogen-bond acceptors (Lipinski definition) is 4. The van der Waals surface area contributed by atoms with Gasteiger partial charge in [0, 0.05) is 13.1 Å². The van der Waals surface area contributed by atoms with Crippen molar-refractivity contribution < 1.29 is 19.1 Å². The summed E-state index contributed by atoms with van der Waals surface area (Å²) in [5.41, 5.74) is 1.29. The molecule has 0 aromatic heterocycles. The molecule has 0 N–H and O–H groups in total. The third-order valence-electron chi connectivity index (χ3n) is 4.10. The van der Waals surface area contributed by atoms with Gasteiger partial charge in [0.2, 0.25) is 0 Å². The zero-order valence-electron chi connectivity index (χ0n) is 15.9. The maximum Gasteiger partial charge on any atom is 0.410 e. The van der Waals surface area contributed by atoms with Gasteiger partial charge in [-0.15, -0.1) is 0 Å². The molecule has 0 aliphatic carbocycles. The molecule has 0 radical (unpaired) electrons. The summed E-state index contributed by atoms with van der Waals surface area (Å²) >= 11 is 0. The van der Waals surface area contributed by atoms with Crippen molar-refractivity contribution in [1.29, 1.82) is 0 Å². The maximum absolute atomic E-state index is 12.4. The Morgan fingerprint density at radius 3 is 2.48 bits per heavy atom. The second-order valence-corrected chi connectivity index (χ2v) is 6.24. The SMILES string of the molecule is CCCCN(Cc1ccccc1C(=O)OCC(C)CC)C(=O)OCC. The third kappa shape index (κ3) is 7.16. The minimum Gasteiger partial charge on any atom is -0.462 e. The number of unbranched alkanes of at least 4 members (excludes halogenated alkanes) is 1. The van der Waals surface area contributed by atoms with Crippen LogP contribution in [0.4, 0.5) is 4.79 Å². The summed E-state index contributed by atoms with van der Waals surface area (Å²) in [4.78, 5) is 26.2. The molecule has 0 aliphatic rings.